The first-order valence-electron chi connectivity index (χ1n) is 6.84. The van der Waals surface area contributed by atoms with E-state index in [0.29, 0.717) is 6.04 Å². The Morgan fingerprint density at radius 1 is 1.50 bits per heavy atom. The third-order valence-electron chi connectivity index (χ3n) is 3.28. The summed E-state index contributed by atoms with van der Waals surface area (Å²) in [5.74, 6) is 0.152. The van der Waals surface area contributed by atoms with E-state index in [0.717, 1.165) is 29.9 Å². The van der Waals surface area contributed by atoms with Crippen molar-refractivity contribution in [3.63, 3.8) is 0 Å². The van der Waals surface area contributed by atoms with E-state index in [9.17, 15) is 9.18 Å². The normalized spacial score (nSPS) is 14.1. The number of amides is 1. The van der Waals surface area contributed by atoms with Gasteiger partial charge in [-0.15, -0.1) is 10.2 Å². The summed E-state index contributed by atoms with van der Waals surface area (Å²) >= 11 is 6.98. The number of thioether (sulfide) groups is 1. The van der Waals surface area contributed by atoms with Gasteiger partial charge < -0.3 is 9.88 Å². The van der Waals surface area contributed by atoms with E-state index in [-0.39, 0.29) is 22.4 Å². The molecule has 0 saturated heterocycles. The number of nitrogens with one attached hydrogen (secondary N) is 1. The van der Waals surface area contributed by atoms with Crippen LogP contribution in [0.5, 0.6) is 0 Å². The average Bonchev–Trinajstić information content (AvgIpc) is 3.23. The molecule has 0 radical (unpaired) electrons. The van der Waals surface area contributed by atoms with Gasteiger partial charge in [0.05, 0.1) is 11.4 Å². The van der Waals surface area contributed by atoms with Gasteiger partial charge >= 0.3 is 0 Å². The van der Waals surface area contributed by atoms with Crippen LogP contribution >= 0.6 is 23.4 Å². The Labute approximate surface area is 136 Å². The number of aryl methyl sites for hydroxylation is 1. The van der Waals surface area contributed by atoms with Gasteiger partial charge in [0, 0.05) is 11.1 Å². The zero-order valence-corrected chi connectivity index (χ0v) is 13.4. The fourth-order valence-electron chi connectivity index (χ4n) is 2.11. The first-order chi connectivity index (χ1) is 10.5. The SMILES string of the molecule is Cc1nnc(SCC(=O)Nc2ccc(Cl)cc2F)n1C1CC1. The highest BCUT2D eigenvalue weighted by atomic mass is 35.5. The van der Waals surface area contributed by atoms with Gasteiger partial charge in [-0.05, 0) is 38.0 Å². The minimum Gasteiger partial charge on any atom is -0.323 e. The molecule has 1 aromatic carbocycles. The molecule has 0 bridgehead atoms. The van der Waals surface area contributed by atoms with E-state index in [2.05, 4.69) is 20.1 Å². The number of carbonyl (C=O) groups is 1. The molecule has 1 amide bonds. The van der Waals surface area contributed by atoms with Crippen molar-refractivity contribution in [2.75, 3.05) is 11.1 Å². The van der Waals surface area contributed by atoms with Crippen molar-refractivity contribution in [3.05, 3.63) is 34.9 Å². The van der Waals surface area contributed by atoms with Crippen LogP contribution in [-0.2, 0) is 4.79 Å². The Morgan fingerprint density at radius 3 is 2.95 bits per heavy atom. The summed E-state index contributed by atoms with van der Waals surface area (Å²) in [6.07, 6.45) is 2.24. The molecule has 1 aliphatic carbocycles. The number of aromatic nitrogens is 3. The minimum absolute atomic E-state index is 0.120. The van der Waals surface area contributed by atoms with Gasteiger partial charge in [0.25, 0.3) is 0 Å². The second-order valence-electron chi connectivity index (χ2n) is 5.09. The van der Waals surface area contributed by atoms with Crippen LogP contribution in [0.4, 0.5) is 10.1 Å². The topological polar surface area (TPSA) is 59.8 Å². The van der Waals surface area contributed by atoms with Gasteiger partial charge in [-0.25, -0.2) is 4.39 Å². The lowest BCUT2D eigenvalue weighted by Crippen LogP contribution is -2.15. The molecule has 22 heavy (non-hydrogen) atoms. The maximum absolute atomic E-state index is 13.6. The molecular weight excluding hydrogens is 327 g/mol. The minimum atomic E-state index is -0.553. The number of hydrogen-bond acceptors (Lipinski definition) is 4. The zero-order chi connectivity index (χ0) is 15.7. The van der Waals surface area contributed by atoms with Gasteiger partial charge in [-0.3, -0.25) is 4.79 Å². The highest BCUT2D eigenvalue weighted by Crippen LogP contribution is 2.38. The Kier molecular flexibility index (Phi) is 4.35. The highest BCUT2D eigenvalue weighted by Gasteiger charge is 2.28. The summed E-state index contributed by atoms with van der Waals surface area (Å²) in [6, 6.07) is 4.59. The lowest BCUT2D eigenvalue weighted by molar-refractivity contribution is -0.113. The van der Waals surface area contributed by atoms with E-state index in [1.54, 1.807) is 0 Å². The molecule has 1 saturated carbocycles. The molecule has 3 rings (SSSR count). The van der Waals surface area contributed by atoms with E-state index in [1.165, 1.54) is 23.9 Å². The monoisotopic (exact) mass is 340 g/mol. The molecule has 2 aromatic rings. The maximum Gasteiger partial charge on any atom is 0.234 e. The molecule has 1 heterocycles. The van der Waals surface area contributed by atoms with E-state index < -0.39 is 5.82 Å². The fourth-order valence-corrected chi connectivity index (χ4v) is 3.12. The second kappa shape index (κ2) is 6.26. The maximum atomic E-state index is 13.6. The summed E-state index contributed by atoms with van der Waals surface area (Å²) in [6.45, 7) is 1.90. The molecule has 5 nitrogen and oxygen atoms in total. The number of nitrogens with zero attached hydrogens (tertiary/aromatic N) is 3. The second-order valence-corrected chi connectivity index (χ2v) is 6.47. The molecule has 1 fully saturated rings. The molecule has 0 atom stereocenters. The van der Waals surface area contributed by atoms with E-state index >= 15 is 0 Å². The van der Waals surface area contributed by atoms with Crippen LogP contribution in [0.1, 0.15) is 24.7 Å². The predicted octanol–water partition coefficient (Wildman–Crippen LogP) is 3.44. The van der Waals surface area contributed by atoms with Crippen molar-refractivity contribution in [3.8, 4) is 0 Å². The van der Waals surface area contributed by atoms with Crippen LogP contribution in [0.3, 0.4) is 0 Å². The molecule has 0 aliphatic heterocycles. The molecule has 1 aliphatic rings. The van der Waals surface area contributed by atoms with Crippen molar-refractivity contribution < 1.29 is 9.18 Å². The summed E-state index contributed by atoms with van der Waals surface area (Å²) in [4.78, 5) is 11.9. The smallest absolute Gasteiger partial charge is 0.234 e. The first kappa shape index (κ1) is 15.3. The van der Waals surface area contributed by atoms with Gasteiger partial charge in [0.2, 0.25) is 5.91 Å². The van der Waals surface area contributed by atoms with Crippen molar-refractivity contribution in [1.29, 1.82) is 0 Å². The van der Waals surface area contributed by atoms with Crippen LogP contribution in [0, 0.1) is 12.7 Å². The number of anilines is 1. The van der Waals surface area contributed by atoms with Crippen molar-refractivity contribution in [2.45, 2.75) is 31.0 Å². The van der Waals surface area contributed by atoms with Crippen LogP contribution in [0.15, 0.2) is 23.4 Å². The van der Waals surface area contributed by atoms with Crippen LogP contribution < -0.4 is 5.32 Å². The molecule has 116 valence electrons. The third-order valence-corrected chi connectivity index (χ3v) is 4.46. The molecule has 0 spiro atoms. The van der Waals surface area contributed by atoms with E-state index in [1.807, 2.05) is 6.92 Å². The van der Waals surface area contributed by atoms with E-state index in [4.69, 9.17) is 11.6 Å². The predicted molar refractivity (Wildman–Crippen MR) is 83.8 cm³/mol. The summed E-state index contributed by atoms with van der Waals surface area (Å²) in [5.41, 5.74) is 0.120. The Morgan fingerprint density at radius 2 is 2.27 bits per heavy atom. The molecule has 0 unspecified atom stereocenters. The van der Waals surface area contributed by atoms with Crippen LogP contribution in [-0.4, -0.2) is 26.4 Å². The standard InChI is InChI=1S/C14H14ClFN4OS/c1-8-18-19-14(20(8)10-3-4-10)22-7-13(21)17-12-5-2-9(15)6-11(12)16/h2,5-6,10H,3-4,7H2,1H3,(H,17,21). The number of halogens is 2. The van der Waals surface area contributed by atoms with Gasteiger partial charge in [-0.1, -0.05) is 23.4 Å². The van der Waals surface area contributed by atoms with Crippen molar-refractivity contribution >= 4 is 35.0 Å². The fraction of sp³-hybridized carbons (Fsp3) is 0.357. The Hall–Kier alpha value is -1.60. The first-order valence-corrected chi connectivity index (χ1v) is 8.20. The number of benzene rings is 1. The zero-order valence-electron chi connectivity index (χ0n) is 11.8. The largest absolute Gasteiger partial charge is 0.323 e. The number of carbonyl (C=O) groups excluding carboxylic acids is 1. The van der Waals surface area contributed by atoms with Crippen LogP contribution in [0.25, 0.3) is 0 Å². The number of hydrogen-bond donors (Lipinski definition) is 1. The lowest BCUT2D eigenvalue weighted by Gasteiger charge is -2.08. The lowest BCUT2D eigenvalue weighted by atomic mass is 10.3. The summed E-state index contributed by atoms with van der Waals surface area (Å²) in [7, 11) is 0. The Bertz CT molecular complexity index is 717. The third kappa shape index (κ3) is 3.41. The molecule has 1 N–H and O–H groups in total. The molecular formula is C14H14ClFN4OS. The quantitative estimate of drug-likeness (QED) is 0.847. The van der Waals surface area contributed by atoms with Gasteiger partial charge in [-0.2, -0.15) is 0 Å². The van der Waals surface area contributed by atoms with Crippen molar-refractivity contribution in [2.24, 2.45) is 0 Å². The molecule has 1 aromatic heterocycles. The number of rotatable bonds is 5. The highest BCUT2D eigenvalue weighted by molar-refractivity contribution is 7.99. The van der Waals surface area contributed by atoms with Crippen molar-refractivity contribution in [1.82, 2.24) is 14.8 Å². The average molecular weight is 341 g/mol. The molecule has 8 heteroatoms. The van der Waals surface area contributed by atoms with Gasteiger partial charge in [0.1, 0.15) is 11.6 Å². The van der Waals surface area contributed by atoms with Gasteiger partial charge in [0.15, 0.2) is 5.16 Å². The van der Waals surface area contributed by atoms with Crippen LogP contribution in [0.2, 0.25) is 5.02 Å². The Balaban J connectivity index is 1.61. The summed E-state index contributed by atoms with van der Waals surface area (Å²) in [5, 5.41) is 11.7. The summed E-state index contributed by atoms with van der Waals surface area (Å²) < 4.78 is 15.7.